The molecule has 22 N–H and O–H groups in total. The van der Waals surface area contributed by atoms with Crippen LogP contribution < -0.4 is 5.32 Å². The van der Waals surface area contributed by atoms with E-state index in [0.29, 0.717) is 0 Å². The molecular weight excluding hydrogens is 1440 g/mol. The third kappa shape index (κ3) is 21.0. The number of aliphatic carboxylic acids is 2. The van der Waals surface area contributed by atoms with E-state index in [-0.39, 0.29) is 62.3 Å². The number of nitrogens with one attached hydrogen (secondary N) is 1. The molecule has 0 aliphatic carbocycles. The Labute approximate surface area is 595 Å². The van der Waals surface area contributed by atoms with Crippen molar-refractivity contribution < 1.29 is 202 Å². The summed E-state index contributed by atoms with van der Waals surface area (Å²) in [5.74, 6) is -6.08. The lowest BCUT2D eigenvalue weighted by Gasteiger charge is -2.50. The zero-order valence-electron chi connectivity index (χ0n) is 55.5. The largest absolute Gasteiger partial charge is 0.481 e. The van der Waals surface area contributed by atoms with Gasteiger partial charge < -0.3 is 188 Å². The van der Waals surface area contributed by atoms with Crippen molar-refractivity contribution in [3.8, 4) is 0 Å². The second-order valence-corrected chi connectivity index (χ2v) is 27.9. The van der Waals surface area contributed by atoms with Crippen LogP contribution in [0, 0.1) is 5.92 Å². The maximum absolute atomic E-state index is 13.0. The predicted octanol–water partition coefficient (Wildman–Crippen LogP) is -13.0. The fraction of sp³-hybridized carbons (Fsp3) is 0.932. The molecule has 14 unspecified atom stereocenters. The van der Waals surface area contributed by atoms with Crippen molar-refractivity contribution in [3.63, 3.8) is 0 Å². The molecule has 0 aromatic heterocycles. The summed E-state index contributed by atoms with van der Waals surface area (Å²) in [6.45, 7) is -3.91. The van der Waals surface area contributed by atoms with Gasteiger partial charge in [0.1, 0.15) is 176 Å². The minimum atomic E-state index is -2.31. The van der Waals surface area contributed by atoms with Gasteiger partial charge in [0.15, 0.2) is 44.0 Å². The second kappa shape index (κ2) is 40.0. The molecule has 14 bridgehead atoms. The third-order valence-electron chi connectivity index (χ3n) is 18.6. The molecular formula is C59H97NO41S2. The van der Waals surface area contributed by atoms with E-state index in [0.717, 1.165) is 23.5 Å². The number of hydrogen-bond acceptors (Lipinski definition) is 42. The molecule has 0 aromatic carbocycles. The molecule has 44 heteroatoms. The van der Waals surface area contributed by atoms with Crippen molar-refractivity contribution in [2.24, 2.45) is 5.92 Å². The maximum atomic E-state index is 13.0. The van der Waals surface area contributed by atoms with Crippen LogP contribution in [0.4, 0.5) is 0 Å². The number of thioether (sulfide) groups is 2. The molecule has 0 spiro atoms. The topological polar surface area (TPSA) is 653 Å². The van der Waals surface area contributed by atoms with Gasteiger partial charge in [-0.05, 0) is 14.0 Å². The van der Waals surface area contributed by atoms with Gasteiger partial charge in [0.25, 0.3) is 0 Å². The van der Waals surface area contributed by atoms with Crippen LogP contribution in [0.25, 0.3) is 0 Å². The number of ketones is 2. The average molecular weight is 1540 g/mol. The van der Waals surface area contributed by atoms with Crippen molar-refractivity contribution >= 4 is 47.0 Å². The van der Waals surface area contributed by atoms with Crippen LogP contribution in [0.3, 0.4) is 0 Å². The number of carboxylic acid groups (broad SMARTS) is 2. The third-order valence-corrected chi connectivity index (χ3v) is 20.9. The van der Waals surface area contributed by atoms with Crippen LogP contribution in [0.2, 0.25) is 0 Å². The van der Waals surface area contributed by atoms with E-state index in [1.807, 2.05) is 0 Å². The van der Waals surface area contributed by atoms with Gasteiger partial charge in [0.2, 0.25) is 0 Å². The summed E-state index contributed by atoms with van der Waals surface area (Å²) in [6, 6.07) is -1.18. The fourth-order valence-corrected chi connectivity index (χ4v) is 15.0. The first kappa shape index (κ1) is 86.1. The lowest BCUT2D eigenvalue weighted by atomic mass is 9.95. The molecule has 42 nitrogen and oxygen atoms in total. The zero-order valence-corrected chi connectivity index (χ0v) is 57.2. The van der Waals surface area contributed by atoms with Crippen LogP contribution in [0.15, 0.2) is 0 Å². The Morgan fingerprint density at radius 2 is 0.602 bits per heavy atom. The number of hydrogen-bond donors (Lipinski definition) is 22. The Balaban J connectivity index is 1.08. The number of rotatable bonds is 27. The minimum Gasteiger partial charge on any atom is -0.481 e. The standard InChI is InChI=1S/C59H97NO41S2/c1-19(66)3-5-86-7-8-87-6-4-21(67)9-20(51(82)83)15-102-17-28-49-35(73)42(80)58(93-28)98-47-26(13-64)89-55(38(76)31(47)69)97-46-25(12-63)92-57(41(79)34(46)72)101-50-29(18-103-16-22(60-2)52(84)85)94-59(43(81)36(50)74)99-48-27(14-65)90-54(39(77)32(48)70)95-44-23(10-61)88-53(37(75)30(44)68)96-45-24(11-62)91-56(100-49)40(78)33(45)71/h20,22-50,53-65,68-81H,3-18H2,1-2H3,(H,82,83)(H,84,85)/t20-,22-,23?,24?,25?,26?,27?,28?,29?,30-,31-,32-,33-,34-,35-,36-,37?,38?,39?,40?,41?,42?,43?,44-,45-,46-,47-,48+,49-,50-,53-,54-,55+,56-,57+,58-,59+/m1/s1. The van der Waals surface area contributed by atoms with E-state index in [1.165, 1.54) is 14.0 Å². The molecule has 21 aliphatic rings. The second-order valence-electron chi connectivity index (χ2n) is 25.7. The Hall–Kier alpha value is -2.46. The van der Waals surface area contributed by atoms with Crippen LogP contribution in [0.5, 0.6) is 0 Å². The number of aliphatic hydroxyl groups excluding tert-OH is 19. The molecule has 21 aliphatic heterocycles. The van der Waals surface area contributed by atoms with Crippen LogP contribution in [-0.2, 0) is 95.0 Å². The summed E-state index contributed by atoms with van der Waals surface area (Å²) in [5.41, 5.74) is 0. The van der Waals surface area contributed by atoms with E-state index in [2.05, 4.69) is 5.32 Å². The van der Waals surface area contributed by atoms with Gasteiger partial charge in [-0.15, -0.1) is 0 Å². The van der Waals surface area contributed by atoms with Gasteiger partial charge in [-0.2, -0.15) is 23.5 Å². The fourth-order valence-electron chi connectivity index (χ4n) is 12.6. The molecule has 37 atom stereocenters. The van der Waals surface area contributed by atoms with E-state index in [4.69, 9.17) is 75.8 Å². The molecule has 21 heterocycles. The van der Waals surface area contributed by atoms with Crippen molar-refractivity contribution in [2.75, 3.05) is 89.5 Å². The Kier molecular flexibility index (Phi) is 33.4. The molecule has 0 saturated carbocycles. The predicted molar refractivity (Wildman–Crippen MR) is 332 cm³/mol. The summed E-state index contributed by atoms with van der Waals surface area (Å²) in [4.78, 5) is 48.7. The first-order chi connectivity index (χ1) is 49.0. The molecule has 21 rings (SSSR count). The highest BCUT2D eigenvalue weighted by molar-refractivity contribution is 7.99. The van der Waals surface area contributed by atoms with E-state index >= 15 is 0 Å². The summed E-state index contributed by atoms with van der Waals surface area (Å²) in [5, 5.41) is 239. The van der Waals surface area contributed by atoms with E-state index < -0.39 is 290 Å². The Morgan fingerprint density at radius 1 is 0.350 bits per heavy atom. The highest BCUT2D eigenvalue weighted by atomic mass is 32.2. The molecule has 0 aromatic rings. The van der Waals surface area contributed by atoms with Crippen LogP contribution in [-0.4, -0.2) is 441 Å². The first-order valence-electron chi connectivity index (χ1n) is 33.2. The molecule has 0 radical (unpaired) electrons. The van der Waals surface area contributed by atoms with Crippen molar-refractivity contribution in [1.29, 1.82) is 0 Å². The summed E-state index contributed by atoms with van der Waals surface area (Å²) in [6.07, 6.45) is -73.1. The number of Topliss-reactive ketones (excluding diaryl/α,β-unsaturated/α-hetero) is 2. The lowest BCUT2D eigenvalue weighted by molar-refractivity contribution is -0.395. The summed E-state index contributed by atoms with van der Waals surface area (Å²) >= 11 is 1.66. The number of carbonyl (C=O) groups is 4. The monoisotopic (exact) mass is 1540 g/mol. The van der Waals surface area contributed by atoms with Gasteiger partial charge >= 0.3 is 11.9 Å². The van der Waals surface area contributed by atoms with Crippen LogP contribution >= 0.6 is 23.5 Å². The number of aliphatic hydroxyl groups is 19. The van der Waals surface area contributed by atoms with Crippen LogP contribution in [0.1, 0.15) is 26.2 Å². The maximum Gasteiger partial charge on any atom is 0.321 e. The zero-order chi connectivity index (χ0) is 75.4. The van der Waals surface area contributed by atoms with Gasteiger partial charge in [-0.25, -0.2) is 0 Å². The lowest BCUT2D eigenvalue weighted by Crippen LogP contribution is -2.68. The number of likely N-dealkylation sites (N-methyl/N-ethyl adjacent to an activating group) is 1. The molecule has 596 valence electrons. The smallest absolute Gasteiger partial charge is 0.321 e. The number of ether oxygens (including phenoxy) is 16. The highest BCUT2D eigenvalue weighted by Gasteiger charge is 2.60. The molecule has 21 fully saturated rings. The Morgan fingerprint density at radius 3 is 0.845 bits per heavy atom. The quantitative estimate of drug-likeness (QED) is 0.0340. The van der Waals surface area contributed by atoms with E-state index in [1.54, 1.807) is 0 Å². The summed E-state index contributed by atoms with van der Waals surface area (Å²) < 4.78 is 93.3. The van der Waals surface area contributed by atoms with E-state index in [9.17, 15) is 126 Å². The number of carbonyl (C=O) groups excluding carboxylic acids is 2. The van der Waals surface area contributed by atoms with Crippen molar-refractivity contribution in [1.82, 2.24) is 5.32 Å². The minimum absolute atomic E-state index is 0.0645. The summed E-state index contributed by atoms with van der Waals surface area (Å²) in [7, 11) is 1.35. The van der Waals surface area contributed by atoms with Gasteiger partial charge in [-0.1, -0.05) is 0 Å². The van der Waals surface area contributed by atoms with Crippen molar-refractivity contribution in [2.45, 2.75) is 247 Å². The molecule has 21 saturated heterocycles. The van der Waals surface area contributed by atoms with Gasteiger partial charge in [0, 0.05) is 42.3 Å². The number of carboxylic acids is 2. The molecule has 0 amide bonds. The van der Waals surface area contributed by atoms with Gasteiger partial charge in [-0.3, -0.25) is 19.2 Å². The average Bonchev–Trinajstić information content (AvgIpc) is 0.785. The van der Waals surface area contributed by atoms with Gasteiger partial charge in [0.05, 0.1) is 77.6 Å². The highest BCUT2D eigenvalue weighted by Crippen LogP contribution is 2.40. The van der Waals surface area contributed by atoms with Crippen molar-refractivity contribution in [3.05, 3.63) is 0 Å². The first-order valence-corrected chi connectivity index (χ1v) is 35.5. The SMILES string of the molecule is CN[C@H](CSCC1O[C@H]2O[C@H]3C(CO)O[C@H](O[C@@H]4C(CO)O[C@H](O[C@@H]5C(CO)O[C@H](O[C@@H]6C(CSC[C@@H](CC(=O)CCOCCOCCC(C)=O)C(=O)O)O[C@H](O[C@@H]7C(CO)O[C@@H](O[C@@H]8C(CO)O[C@@H](O[C@H]1[C@H](O)C2O)C(O)[C@H]8O)C(O)[C@H]7O)C(O)[C@H]6O)C(O)[C@H]5O)C(O)[C@H]4O)C(O)[C@H]3O)C(=O)O. The Bertz CT molecular complexity index is 2610. The molecule has 103 heavy (non-hydrogen) atoms. The normalized spacial score (nSPS) is 44.9.